The van der Waals surface area contributed by atoms with Crippen molar-refractivity contribution in [1.29, 1.82) is 0 Å². The van der Waals surface area contributed by atoms with E-state index in [4.69, 9.17) is 9.47 Å². The maximum Gasteiger partial charge on any atom is 0.319 e. The van der Waals surface area contributed by atoms with Crippen LogP contribution in [0, 0.1) is 6.92 Å². The van der Waals surface area contributed by atoms with E-state index in [0.717, 1.165) is 24.3 Å². The van der Waals surface area contributed by atoms with E-state index in [2.05, 4.69) is 28.5 Å². The molecule has 2 amide bonds. The molecule has 0 aliphatic carbocycles. The molecule has 3 rings (SSSR count). The van der Waals surface area contributed by atoms with E-state index in [1.807, 2.05) is 12.1 Å². The summed E-state index contributed by atoms with van der Waals surface area (Å²) in [6.07, 6.45) is 2.41. The van der Waals surface area contributed by atoms with Crippen LogP contribution in [0.1, 0.15) is 18.4 Å². The topological polar surface area (TPSA) is 62.8 Å². The number of hydrogen-bond acceptors (Lipinski definition) is 4. The third kappa shape index (κ3) is 4.14. The van der Waals surface area contributed by atoms with Gasteiger partial charge in [0, 0.05) is 31.0 Å². The fourth-order valence-corrected chi connectivity index (χ4v) is 3.09. The van der Waals surface area contributed by atoms with Crippen molar-refractivity contribution in [2.75, 3.05) is 49.7 Å². The number of rotatable bonds is 4. The molecule has 2 heterocycles. The summed E-state index contributed by atoms with van der Waals surface area (Å²) in [7, 11) is 0. The summed E-state index contributed by atoms with van der Waals surface area (Å²) in [5, 5.41) is 5.79. The highest BCUT2D eigenvalue weighted by molar-refractivity contribution is 5.91. The number of benzene rings is 1. The lowest BCUT2D eigenvalue weighted by Crippen LogP contribution is -2.41. The van der Waals surface area contributed by atoms with E-state index in [1.165, 1.54) is 18.5 Å². The van der Waals surface area contributed by atoms with Crippen LogP contribution in [-0.4, -0.2) is 51.6 Å². The average Bonchev–Trinajstić information content (AvgIpc) is 3.10. The summed E-state index contributed by atoms with van der Waals surface area (Å²) in [6.45, 7) is 6.45. The monoisotopic (exact) mass is 319 g/mol. The molecule has 126 valence electrons. The molecule has 0 radical (unpaired) electrons. The van der Waals surface area contributed by atoms with Crippen molar-refractivity contribution in [2.24, 2.45) is 0 Å². The summed E-state index contributed by atoms with van der Waals surface area (Å²) < 4.78 is 10.8. The first-order valence-corrected chi connectivity index (χ1v) is 8.33. The Balaban J connectivity index is 1.56. The molecule has 2 fully saturated rings. The molecule has 6 nitrogen and oxygen atoms in total. The minimum atomic E-state index is -0.208. The first kappa shape index (κ1) is 16.1. The van der Waals surface area contributed by atoms with Gasteiger partial charge in [0.1, 0.15) is 0 Å². The van der Waals surface area contributed by atoms with Gasteiger partial charge in [-0.25, -0.2) is 4.79 Å². The van der Waals surface area contributed by atoms with Crippen LogP contribution < -0.4 is 15.5 Å². The molecule has 0 spiro atoms. The third-order valence-electron chi connectivity index (χ3n) is 4.38. The first-order chi connectivity index (χ1) is 11.2. The molecule has 0 unspecified atom stereocenters. The second-order valence-corrected chi connectivity index (χ2v) is 6.05. The Labute approximate surface area is 137 Å². The number of ether oxygens (including phenoxy) is 2. The average molecular weight is 319 g/mol. The van der Waals surface area contributed by atoms with Crippen molar-refractivity contribution in [1.82, 2.24) is 5.32 Å². The number of carbonyl (C=O) groups excluding carboxylic acids is 1. The highest BCUT2D eigenvalue weighted by Crippen LogP contribution is 2.29. The van der Waals surface area contributed by atoms with Crippen LogP contribution >= 0.6 is 0 Å². The third-order valence-corrected chi connectivity index (χ3v) is 4.38. The van der Waals surface area contributed by atoms with Gasteiger partial charge < -0.3 is 25.0 Å². The molecular weight excluding hydrogens is 294 g/mol. The molecule has 2 aliphatic rings. The van der Waals surface area contributed by atoms with Crippen LogP contribution in [0.3, 0.4) is 0 Å². The van der Waals surface area contributed by atoms with E-state index in [0.29, 0.717) is 26.4 Å². The van der Waals surface area contributed by atoms with E-state index >= 15 is 0 Å². The van der Waals surface area contributed by atoms with Gasteiger partial charge in [0.15, 0.2) is 0 Å². The second kappa shape index (κ2) is 7.66. The fraction of sp³-hybridized carbons (Fsp3) is 0.588. The molecule has 1 aromatic rings. The van der Waals surface area contributed by atoms with E-state index in [1.54, 1.807) is 0 Å². The molecule has 0 aromatic heterocycles. The van der Waals surface area contributed by atoms with Gasteiger partial charge in [0.2, 0.25) is 0 Å². The summed E-state index contributed by atoms with van der Waals surface area (Å²) >= 11 is 0. The summed E-state index contributed by atoms with van der Waals surface area (Å²) in [5.41, 5.74) is 3.18. The van der Waals surface area contributed by atoms with Crippen LogP contribution in [0.25, 0.3) is 0 Å². The summed E-state index contributed by atoms with van der Waals surface area (Å²) in [5.74, 6) is 0. The van der Waals surface area contributed by atoms with Crippen molar-refractivity contribution in [3.8, 4) is 0 Å². The van der Waals surface area contributed by atoms with Crippen molar-refractivity contribution < 1.29 is 14.3 Å². The van der Waals surface area contributed by atoms with Crippen LogP contribution in [0.2, 0.25) is 0 Å². The van der Waals surface area contributed by atoms with Crippen LogP contribution in [0.4, 0.5) is 16.2 Å². The van der Waals surface area contributed by atoms with E-state index in [-0.39, 0.29) is 12.1 Å². The summed E-state index contributed by atoms with van der Waals surface area (Å²) in [6, 6.07) is 5.85. The number of carbonyl (C=O) groups is 1. The second-order valence-electron chi connectivity index (χ2n) is 6.05. The lowest BCUT2D eigenvalue weighted by atomic mass is 10.1. The lowest BCUT2D eigenvalue weighted by molar-refractivity contribution is -0.0852. The number of anilines is 2. The number of nitrogens with one attached hydrogen (secondary N) is 2. The zero-order valence-corrected chi connectivity index (χ0v) is 13.6. The standard InChI is InChI=1S/C17H25N3O3/c1-13-15(5-4-6-16(13)20-7-2-3-8-20)19-17(21)18-11-14-12-22-9-10-23-14/h4-6,14H,2-3,7-12H2,1H3,(H2,18,19,21)/t14-/m0/s1. The van der Waals surface area contributed by atoms with Gasteiger partial charge in [-0.3, -0.25) is 0 Å². The fourth-order valence-electron chi connectivity index (χ4n) is 3.09. The summed E-state index contributed by atoms with van der Waals surface area (Å²) in [4.78, 5) is 14.5. The Morgan fingerprint density at radius 2 is 2.13 bits per heavy atom. The molecule has 2 saturated heterocycles. The van der Waals surface area contributed by atoms with Crippen molar-refractivity contribution in [2.45, 2.75) is 25.9 Å². The molecule has 2 aliphatic heterocycles. The molecule has 1 atom stereocenters. The minimum Gasteiger partial charge on any atom is -0.376 e. The Morgan fingerprint density at radius 3 is 2.87 bits per heavy atom. The largest absolute Gasteiger partial charge is 0.376 e. The Hall–Kier alpha value is -1.79. The lowest BCUT2D eigenvalue weighted by Gasteiger charge is -2.24. The molecule has 1 aromatic carbocycles. The number of amides is 2. The maximum absolute atomic E-state index is 12.1. The molecule has 0 bridgehead atoms. The zero-order chi connectivity index (χ0) is 16.1. The van der Waals surface area contributed by atoms with Crippen LogP contribution in [0.15, 0.2) is 18.2 Å². The van der Waals surface area contributed by atoms with Gasteiger partial charge >= 0.3 is 6.03 Å². The maximum atomic E-state index is 12.1. The number of hydrogen-bond donors (Lipinski definition) is 2. The highest BCUT2D eigenvalue weighted by Gasteiger charge is 2.18. The van der Waals surface area contributed by atoms with Crippen molar-refractivity contribution in [3.05, 3.63) is 23.8 Å². The van der Waals surface area contributed by atoms with Crippen molar-refractivity contribution in [3.63, 3.8) is 0 Å². The minimum absolute atomic E-state index is 0.0634. The number of urea groups is 1. The highest BCUT2D eigenvalue weighted by atomic mass is 16.6. The smallest absolute Gasteiger partial charge is 0.319 e. The van der Waals surface area contributed by atoms with E-state index in [9.17, 15) is 4.79 Å². The van der Waals surface area contributed by atoms with Gasteiger partial charge in [0.25, 0.3) is 0 Å². The van der Waals surface area contributed by atoms with Gasteiger partial charge in [-0.1, -0.05) is 6.07 Å². The zero-order valence-electron chi connectivity index (χ0n) is 13.6. The van der Waals surface area contributed by atoms with Crippen LogP contribution in [-0.2, 0) is 9.47 Å². The molecular formula is C17H25N3O3. The van der Waals surface area contributed by atoms with E-state index < -0.39 is 0 Å². The van der Waals surface area contributed by atoms with Gasteiger partial charge in [-0.15, -0.1) is 0 Å². The molecule has 0 saturated carbocycles. The molecule has 2 N–H and O–H groups in total. The predicted octanol–water partition coefficient (Wildman–Crippen LogP) is 2.13. The Bertz CT molecular complexity index is 538. The predicted molar refractivity (Wildman–Crippen MR) is 90.2 cm³/mol. The Morgan fingerprint density at radius 1 is 1.30 bits per heavy atom. The van der Waals surface area contributed by atoms with Crippen molar-refractivity contribution >= 4 is 17.4 Å². The SMILES string of the molecule is Cc1c(NC(=O)NC[C@H]2COCCO2)cccc1N1CCCC1. The first-order valence-electron chi connectivity index (χ1n) is 8.33. The Kier molecular flexibility index (Phi) is 5.35. The normalized spacial score (nSPS) is 21.3. The van der Waals surface area contributed by atoms with Gasteiger partial charge in [0.05, 0.1) is 25.9 Å². The van der Waals surface area contributed by atoms with Gasteiger partial charge in [-0.05, 0) is 37.5 Å². The molecule has 23 heavy (non-hydrogen) atoms. The van der Waals surface area contributed by atoms with Crippen LogP contribution in [0.5, 0.6) is 0 Å². The number of nitrogens with zero attached hydrogens (tertiary/aromatic N) is 1. The quantitative estimate of drug-likeness (QED) is 0.892. The molecule has 6 heteroatoms. The van der Waals surface area contributed by atoms with Gasteiger partial charge in [-0.2, -0.15) is 0 Å².